The van der Waals surface area contributed by atoms with E-state index in [1.54, 1.807) is 13.1 Å². The molecule has 1 saturated heterocycles. The van der Waals surface area contributed by atoms with Crippen LogP contribution in [0.3, 0.4) is 0 Å². The van der Waals surface area contributed by atoms with Crippen molar-refractivity contribution in [1.29, 1.82) is 0 Å². The first-order valence-corrected chi connectivity index (χ1v) is 11.4. The number of thiazole rings is 1. The lowest BCUT2D eigenvalue weighted by atomic mass is 10.0. The zero-order valence-corrected chi connectivity index (χ0v) is 17.6. The fraction of sp³-hybridized carbons (Fsp3) is 0.667. The van der Waals surface area contributed by atoms with Crippen molar-refractivity contribution in [1.82, 2.24) is 14.8 Å². The van der Waals surface area contributed by atoms with Crippen LogP contribution in [0.15, 0.2) is 10.4 Å². The Bertz CT molecular complexity index is 712. The molecule has 0 atom stereocenters. The highest BCUT2D eigenvalue weighted by molar-refractivity contribution is 8.01. The van der Waals surface area contributed by atoms with Crippen LogP contribution in [0.4, 0.5) is 9.93 Å². The van der Waals surface area contributed by atoms with Gasteiger partial charge in [-0.3, -0.25) is 14.9 Å². The zero-order valence-electron chi connectivity index (χ0n) is 15.9. The standard InChI is InChI=1S/C18H26N4O4S2/c1-12(23)21-8-6-14(7-9-21)22(13-4-2-3-5-13)18(26)20-17-19-10-16(28-17)27-11-15(24)25/h10,13-14H,2-9,11H2,1H3,(H,24,25)(H,19,20,26). The van der Waals surface area contributed by atoms with Gasteiger partial charge in [0.1, 0.15) is 0 Å². The van der Waals surface area contributed by atoms with Crippen LogP contribution in [0, 0.1) is 0 Å². The van der Waals surface area contributed by atoms with E-state index < -0.39 is 5.97 Å². The number of aliphatic carboxylic acids is 1. The Morgan fingerprint density at radius 2 is 1.89 bits per heavy atom. The van der Waals surface area contributed by atoms with Crippen LogP contribution in [-0.2, 0) is 9.59 Å². The van der Waals surface area contributed by atoms with Crippen molar-refractivity contribution in [2.75, 3.05) is 24.2 Å². The zero-order chi connectivity index (χ0) is 20.1. The molecule has 1 saturated carbocycles. The summed E-state index contributed by atoms with van der Waals surface area (Å²) in [6.45, 7) is 2.96. The van der Waals surface area contributed by atoms with Gasteiger partial charge in [-0.1, -0.05) is 24.2 Å². The Kier molecular flexibility index (Phi) is 7.17. The van der Waals surface area contributed by atoms with E-state index in [1.165, 1.54) is 23.1 Å². The number of likely N-dealkylation sites (tertiary alicyclic amines) is 1. The van der Waals surface area contributed by atoms with Gasteiger partial charge in [-0.25, -0.2) is 9.78 Å². The number of hydrogen-bond acceptors (Lipinski definition) is 6. The number of carbonyl (C=O) groups excluding carboxylic acids is 2. The van der Waals surface area contributed by atoms with Gasteiger partial charge in [0.05, 0.1) is 16.2 Å². The summed E-state index contributed by atoms with van der Waals surface area (Å²) in [6.07, 6.45) is 7.47. The minimum Gasteiger partial charge on any atom is -0.481 e. The minimum absolute atomic E-state index is 0.0293. The van der Waals surface area contributed by atoms with E-state index >= 15 is 0 Å². The predicted octanol–water partition coefficient (Wildman–Crippen LogP) is 3.11. The molecule has 2 fully saturated rings. The summed E-state index contributed by atoms with van der Waals surface area (Å²) in [5.41, 5.74) is 0. The maximum absolute atomic E-state index is 13.1. The summed E-state index contributed by atoms with van der Waals surface area (Å²) in [7, 11) is 0. The second kappa shape index (κ2) is 9.60. The van der Waals surface area contributed by atoms with E-state index in [4.69, 9.17) is 5.11 Å². The smallest absolute Gasteiger partial charge is 0.324 e. The third-order valence-corrected chi connectivity index (χ3v) is 7.38. The molecule has 0 bridgehead atoms. The van der Waals surface area contributed by atoms with Gasteiger partial charge in [0, 0.05) is 32.1 Å². The number of nitrogens with one attached hydrogen (secondary N) is 1. The first kappa shape index (κ1) is 20.9. The maximum Gasteiger partial charge on any atom is 0.324 e. The van der Waals surface area contributed by atoms with Crippen LogP contribution < -0.4 is 5.32 Å². The predicted molar refractivity (Wildman–Crippen MR) is 109 cm³/mol. The largest absolute Gasteiger partial charge is 0.481 e. The summed E-state index contributed by atoms with van der Waals surface area (Å²) in [4.78, 5) is 43.4. The molecule has 10 heteroatoms. The quantitative estimate of drug-likeness (QED) is 0.678. The number of anilines is 1. The number of piperidine rings is 1. The average molecular weight is 427 g/mol. The topological polar surface area (TPSA) is 103 Å². The molecular formula is C18H26N4O4S2. The summed E-state index contributed by atoms with van der Waals surface area (Å²) in [5, 5.41) is 12.2. The number of thioether (sulfide) groups is 1. The number of carboxylic acid groups (broad SMARTS) is 1. The molecule has 1 aliphatic heterocycles. The van der Waals surface area contributed by atoms with E-state index in [0.29, 0.717) is 18.2 Å². The van der Waals surface area contributed by atoms with Gasteiger partial charge in [0.15, 0.2) is 5.13 Å². The highest BCUT2D eigenvalue weighted by atomic mass is 32.2. The molecule has 1 aromatic rings. The molecule has 28 heavy (non-hydrogen) atoms. The van der Waals surface area contributed by atoms with Crippen molar-refractivity contribution in [3.63, 3.8) is 0 Å². The third kappa shape index (κ3) is 5.38. The lowest BCUT2D eigenvalue weighted by Crippen LogP contribution is -2.53. The van der Waals surface area contributed by atoms with E-state index in [2.05, 4.69) is 10.3 Å². The summed E-state index contributed by atoms with van der Waals surface area (Å²) in [6, 6.07) is 0.214. The SMILES string of the molecule is CC(=O)N1CCC(N(C(=O)Nc2ncc(SCC(=O)O)s2)C2CCCC2)CC1. The van der Waals surface area contributed by atoms with Crippen molar-refractivity contribution in [3.8, 4) is 0 Å². The van der Waals surface area contributed by atoms with Gasteiger partial charge < -0.3 is 14.9 Å². The van der Waals surface area contributed by atoms with Gasteiger partial charge >= 0.3 is 12.0 Å². The molecule has 0 spiro atoms. The van der Waals surface area contributed by atoms with Gasteiger partial charge in [0.2, 0.25) is 5.91 Å². The second-order valence-electron chi connectivity index (χ2n) is 7.18. The molecule has 8 nitrogen and oxygen atoms in total. The summed E-state index contributed by atoms with van der Waals surface area (Å²) < 4.78 is 0.764. The molecule has 3 amide bonds. The number of carbonyl (C=O) groups is 3. The van der Waals surface area contributed by atoms with Crippen LogP contribution in [-0.4, -0.2) is 68.7 Å². The molecule has 2 N–H and O–H groups in total. The molecule has 0 radical (unpaired) electrons. The van der Waals surface area contributed by atoms with Crippen LogP contribution in [0.1, 0.15) is 45.4 Å². The van der Waals surface area contributed by atoms with Crippen LogP contribution >= 0.6 is 23.1 Å². The Morgan fingerprint density at radius 3 is 2.50 bits per heavy atom. The van der Waals surface area contributed by atoms with Crippen molar-refractivity contribution in [2.45, 2.75) is 61.7 Å². The van der Waals surface area contributed by atoms with Crippen molar-refractivity contribution < 1.29 is 19.5 Å². The monoisotopic (exact) mass is 426 g/mol. The van der Waals surface area contributed by atoms with Gasteiger partial charge in [-0.05, 0) is 25.7 Å². The molecule has 154 valence electrons. The first-order chi connectivity index (χ1) is 13.4. The first-order valence-electron chi connectivity index (χ1n) is 9.59. The molecule has 2 aliphatic rings. The average Bonchev–Trinajstić information content (AvgIpc) is 3.33. The molecule has 1 aliphatic carbocycles. The van der Waals surface area contributed by atoms with Crippen molar-refractivity contribution >= 4 is 46.1 Å². The highest BCUT2D eigenvalue weighted by Crippen LogP contribution is 2.31. The number of amides is 3. The molecule has 1 aromatic heterocycles. The Hall–Kier alpha value is -1.81. The number of urea groups is 1. The highest BCUT2D eigenvalue weighted by Gasteiger charge is 2.35. The number of hydrogen-bond donors (Lipinski definition) is 2. The van der Waals surface area contributed by atoms with Gasteiger partial charge in [-0.15, -0.1) is 11.8 Å². The number of rotatable bonds is 6. The van der Waals surface area contributed by atoms with Gasteiger partial charge in [0.25, 0.3) is 0 Å². The Labute approximate surface area is 172 Å². The fourth-order valence-electron chi connectivity index (χ4n) is 3.94. The lowest BCUT2D eigenvalue weighted by Gasteiger charge is -2.41. The number of carboxylic acids is 1. The Balaban J connectivity index is 1.64. The maximum atomic E-state index is 13.1. The normalized spacial score (nSPS) is 18.2. The summed E-state index contributed by atoms with van der Waals surface area (Å²) >= 11 is 2.49. The Morgan fingerprint density at radius 1 is 1.25 bits per heavy atom. The molecule has 2 heterocycles. The number of aromatic nitrogens is 1. The van der Waals surface area contributed by atoms with Crippen LogP contribution in [0.2, 0.25) is 0 Å². The number of nitrogens with zero attached hydrogens (tertiary/aromatic N) is 3. The molecule has 3 rings (SSSR count). The van der Waals surface area contributed by atoms with Gasteiger partial charge in [-0.2, -0.15) is 0 Å². The molecular weight excluding hydrogens is 400 g/mol. The van der Waals surface area contributed by atoms with Crippen molar-refractivity contribution in [2.24, 2.45) is 0 Å². The van der Waals surface area contributed by atoms with E-state index in [9.17, 15) is 14.4 Å². The van der Waals surface area contributed by atoms with E-state index in [1.807, 2.05) is 9.80 Å². The van der Waals surface area contributed by atoms with Crippen LogP contribution in [0.5, 0.6) is 0 Å². The second-order valence-corrected chi connectivity index (χ2v) is 9.49. The fourth-order valence-corrected chi connectivity index (χ4v) is 5.53. The lowest BCUT2D eigenvalue weighted by molar-refractivity contribution is -0.134. The van der Waals surface area contributed by atoms with E-state index in [0.717, 1.165) is 42.7 Å². The van der Waals surface area contributed by atoms with Crippen molar-refractivity contribution in [3.05, 3.63) is 6.20 Å². The van der Waals surface area contributed by atoms with Crippen LogP contribution in [0.25, 0.3) is 0 Å². The molecule has 0 aromatic carbocycles. The summed E-state index contributed by atoms with van der Waals surface area (Å²) in [5.74, 6) is -0.823. The van der Waals surface area contributed by atoms with E-state index in [-0.39, 0.29) is 29.8 Å². The minimum atomic E-state index is -0.881. The molecule has 0 unspecified atom stereocenters. The third-order valence-electron chi connectivity index (χ3n) is 5.29.